The van der Waals surface area contributed by atoms with Crippen LogP contribution >= 0.6 is 0 Å². The van der Waals surface area contributed by atoms with Crippen molar-refractivity contribution in [3.63, 3.8) is 0 Å². The van der Waals surface area contributed by atoms with Crippen LogP contribution in [-0.4, -0.2) is 42.8 Å². The second-order valence-electron chi connectivity index (χ2n) is 10.2. The minimum atomic E-state index is -0.877. The molecule has 4 aromatic carbocycles. The third-order valence-electron chi connectivity index (χ3n) is 6.86. The molecule has 0 aliphatic rings. The van der Waals surface area contributed by atoms with E-state index in [9.17, 15) is 4.79 Å². The van der Waals surface area contributed by atoms with Gasteiger partial charge < -0.3 is 14.6 Å². The molecular weight excluding hydrogens is 505 g/mol. The first-order valence-corrected chi connectivity index (χ1v) is 13.5. The number of nitrogens with zero attached hydrogens (tertiary/aromatic N) is 1. The second-order valence-corrected chi connectivity index (χ2v) is 10.2. The van der Waals surface area contributed by atoms with Gasteiger partial charge in [-0.1, -0.05) is 85.8 Å². The van der Waals surface area contributed by atoms with E-state index in [0.29, 0.717) is 48.9 Å². The van der Waals surface area contributed by atoms with E-state index in [0.717, 1.165) is 0 Å². The number of benzene rings is 4. The van der Waals surface area contributed by atoms with Crippen molar-refractivity contribution >= 4 is 5.97 Å². The quantitative estimate of drug-likeness (QED) is 0.190. The molecular formula is C34H36FNO4. The first kappa shape index (κ1) is 28.8. The number of hydrogen-bond acceptors (Lipinski definition) is 4. The van der Waals surface area contributed by atoms with E-state index in [2.05, 4.69) is 36.1 Å². The molecule has 0 fully saturated rings. The lowest BCUT2D eigenvalue weighted by molar-refractivity contribution is -0.136. The maximum Gasteiger partial charge on any atom is 0.307 e. The summed E-state index contributed by atoms with van der Waals surface area (Å²) in [4.78, 5) is 13.4. The third-order valence-corrected chi connectivity index (χ3v) is 6.86. The summed E-state index contributed by atoms with van der Waals surface area (Å²) in [5, 5.41) is 9.10. The predicted octanol–water partition coefficient (Wildman–Crippen LogP) is 6.81. The zero-order valence-electron chi connectivity index (χ0n) is 23.0. The highest BCUT2D eigenvalue weighted by molar-refractivity contribution is 5.70. The van der Waals surface area contributed by atoms with Crippen molar-refractivity contribution in [2.45, 2.75) is 25.8 Å². The first-order valence-electron chi connectivity index (χ1n) is 13.5. The summed E-state index contributed by atoms with van der Waals surface area (Å²) >= 11 is 0. The summed E-state index contributed by atoms with van der Waals surface area (Å²) in [6.07, 6.45) is -0.0473. The van der Waals surface area contributed by atoms with Crippen LogP contribution in [0.2, 0.25) is 0 Å². The fraction of sp³-hybridized carbons (Fsp3) is 0.265. The van der Waals surface area contributed by atoms with Gasteiger partial charge in [-0.3, -0.25) is 9.69 Å². The van der Waals surface area contributed by atoms with Crippen LogP contribution < -0.4 is 9.47 Å². The molecule has 0 saturated heterocycles. The summed E-state index contributed by atoms with van der Waals surface area (Å²) in [6.45, 7) is 4.36. The summed E-state index contributed by atoms with van der Waals surface area (Å²) in [5.41, 5.74) is 3.71. The minimum absolute atomic E-state index is 0.0473. The zero-order chi connectivity index (χ0) is 28.3. The smallest absolute Gasteiger partial charge is 0.307 e. The van der Waals surface area contributed by atoms with Crippen LogP contribution in [0.5, 0.6) is 11.5 Å². The molecule has 4 rings (SSSR count). The summed E-state index contributed by atoms with van der Waals surface area (Å²) in [7, 11) is 1.53. The number of carbonyl (C=O) groups is 1. The number of carboxylic acid groups (broad SMARTS) is 1. The number of aliphatic carboxylic acids is 1. The molecule has 6 heteroatoms. The third kappa shape index (κ3) is 8.42. The molecule has 0 aliphatic carbocycles. The van der Waals surface area contributed by atoms with E-state index in [1.54, 1.807) is 30.3 Å². The van der Waals surface area contributed by atoms with Crippen molar-refractivity contribution in [1.82, 2.24) is 4.90 Å². The van der Waals surface area contributed by atoms with Crippen molar-refractivity contribution in [3.05, 3.63) is 131 Å². The molecule has 1 unspecified atom stereocenters. The molecule has 5 nitrogen and oxygen atoms in total. The van der Waals surface area contributed by atoms with Gasteiger partial charge in [0.25, 0.3) is 0 Å². The topological polar surface area (TPSA) is 59.0 Å². The van der Waals surface area contributed by atoms with Crippen molar-refractivity contribution < 1.29 is 23.8 Å². The Balaban J connectivity index is 1.54. The summed E-state index contributed by atoms with van der Waals surface area (Å²) in [6, 6.07) is 33.0. The number of carboxylic acids is 1. The van der Waals surface area contributed by atoms with E-state index < -0.39 is 5.97 Å². The molecule has 0 spiro atoms. The molecule has 0 aromatic heterocycles. The molecule has 0 bridgehead atoms. The Bertz CT molecular complexity index is 1320. The SMILES string of the molecule is COc1ccc(CN(CC(C)COc2cccc(CC(=O)O)c2)CC(c2ccccc2)c2ccccc2)c(F)c1. The molecule has 0 amide bonds. The fourth-order valence-electron chi connectivity index (χ4n) is 4.91. The van der Waals surface area contributed by atoms with Gasteiger partial charge in [0.1, 0.15) is 17.3 Å². The fourth-order valence-corrected chi connectivity index (χ4v) is 4.91. The number of rotatable bonds is 14. The van der Waals surface area contributed by atoms with Crippen molar-refractivity contribution in [2.75, 3.05) is 26.8 Å². The van der Waals surface area contributed by atoms with Crippen molar-refractivity contribution in [3.8, 4) is 11.5 Å². The largest absolute Gasteiger partial charge is 0.497 e. The minimum Gasteiger partial charge on any atom is -0.497 e. The van der Waals surface area contributed by atoms with E-state index in [4.69, 9.17) is 14.6 Å². The van der Waals surface area contributed by atoms with Gasteiger partial charge in [-0.15, -0.1) is 0 Å². The number of methoxy groups -OCH3 is 1. The second kappa shape index (κ2) is 14.3. The molecule has 1 atom stereocenters. The van der Waals surface area contributed by atoms with Crippen molar-refractivity contribution in [1.29, 1.82) is 0 Å². The van der Waals surface area contributed by atoms with Crippen LogP contribution in [-0.2, 0) is 17.8 Å². The van der Waals surface area contributed by atoms with Crippen LogP contribution in [0.25, 0.3) is 0 Å². The van der Waals surface area contributed by atoms with Crippen LogP contribution in [0.1, 0.15) is 35.1 Å². The molecule has 0 aliphatic heterocycles. The highest BCUT2D eigenvalue weighted by atomic mass is 19.1. The Morgan fingerprint density at radius 1 is 0.850 bits per heavy atom. The zero-order valence-corrected chi connectivity index (χ0v) is 23.0. The van der Waals surface area contributed by atoms with Gasteiger partial charge >= 0.3 is 5.97 Å². The summed E-state index contributed by atoms with van der Waals surface area (Å²) < 4.78 is 26.3. The Kier molecular flexibility index (Phi) is 10.3. The molecule has 0 heterocycles. The summed E-state index contributed by atoms with van der Waals surface area (Å²) in [5.74, 6) is 0.190. The van der Waals surface area contributed by atoms with Gasteiger partial charge in [0, 0.05) is 43.1 Å². The predicted molar refractivity (Wildman–Crippen MR) is 155 cm³/mol. The molecule has 40 heavy (non-hydrogen) atoms. The molecule has 208 valence electrons. The highest BCUT2D eigenvalue weighted by Crippen LogP contribution is 2.28. The van der Waals surface area contributed by atoms with E-state index in [-0.39, 0.29) is 24.1 Å². The van der Waals surface area contributed by atoms with E-state index >= 15 is 4.39 Å². The average Bonchev–Trinajstić information content (AvgIpc) is 2.96. The lowest BCUT2D eigenvalue weighted by Gasteiger charge is -2.31. The highest BCUT2D eigenvalue weighted by Gasteiger charge is 2.21. The van der Waals surface area contributed by atoms with Gasteiger partial charge in [0.2, 0.25) is 0 Å². The average molecular weight is 542 g/mol. The van der Waals surface area contributed by atoms with Gasteiger partial charge in [0.05, 0.1) is 20.1 Å². The Labute approximate surface area is 235 Å². The molecule has 1 N–H and O–H groups in total. The number of halogens is 1. The van der Waals surface area contributed by atoms with Gasteiger partial charge in [-0.25, -0.2) is 4.39 Å². The molecule has 0 saturated carbocycles. The maximum atomic E-state index is 15.0. The van der Waals surface area contributed by atoms with E-state index in [1.165, 1.54) is 24.3 Å². The van der Waals surface area contributed by atoms with Crippen LogP contribution in [0, 0.1) is 11.7 Å². The number of ether oxygens (including phenoxy) is 2. The lowest BCUT2D eigenvalue weighted by atomic mass is 9.90. The molecule has 0 radical (unpaired) electrons. The Hall–Kier alpha value is -4.16. The van der Waals surface area contributed by atoms with Gasteiger partial charge in [-0.2, -0.15) is 0 Å². The van der Waals surface area contributed by atoms with Crippen LogP contribution in [0.4, 0.5) is 4.39 Å². The lowest BCUT2D eigenvalue weighted by Crippen LogP contribution is -2.34. The molecule has 4 aromatic rings. The van der Waals surface area contributed by atoms with Crippen LogP contribution in [0.15, 0.2) is 103 Å². The maximum absolute atomic E-state index is 15.0. The van der Waals surface area contributed by atoms with Gasteiger partial charge in [0.15, 0.2) is 0 Å². The normalized spacial score (nSPS) is 11.9. The van der Waals surface area contributed by atoms with Crippen molar-refractivity contribution in [2.24, 2.45) is 5.92 Å². The Morgan fingerprint density at radius 3 is 2.12 bits per heavy atom. The van der Waals surface area contributed by atoms with E-state index in [1.807, 2.05) is 42.5 Å². The van der Waals surface area contributed by atoms with Gasteiger partial charge in [-0.05, 0) is 34.9 Å². The number of hydrogen-bond donors (Lipinski definition) is 1. The standard InChI is InChI=1S/C34H36FNO4/c1-25(24-40-31-15-9-10-26(18-31)19-34(37)38)21-36(22-29-16-17-30(39-2)20-33(29)35)23-32(27-11-5-3-6-12-27)28-13-7-4-8-14-28/h3-18,20,25,32H,19,21-24H2,1-2H3,(H,37,38). The van der Waals surface area contributed by atoms with Crippen LogP contribution in [0.3, 0.4) is 0 Å². The monoisotopic (exact) mass is 541 g/mol. The Morgan fingerprint density at radius 2 is 1.52 bits per heavy atom. The first-order chi connectivity index (χ1) is 19.4.